The molecule has 0 radical (unpaired) electrons. The van der Waals surface area contributed by atoms with Gasteiger partial charge in [-0.2, -0.15) is 4.98 Å². The third-order valence-electron chi connectivity index (χ3n) is 4.92. The fraction of sp³-hybridized carbons (Fsp3) is 0.292. The number of hydrogen-bond acceptors (Lipinski definition) is 7. The highest BCUT2D eigenvalue weighted by Gasteiger charge is 2.19. The molecule has 3 aromatic heterocycles. The van der Waals surface area contributed by atoms with Gasteiger partial charge in [-0.1, -0.05) is 44.5 Å². The number of oxazole rings is 1. The van der Waals surface area contributed by atoms with Crippen LogP contribution >= 0.6 is 11.6 Å². The average molecular weight is 466 g/mol. The molecule has 0 saturated carbocycles. The maximum absolute atomic E-state index is 13.1. The fourth-order valence-electron chi connectivity index (χ4n) is 3.28. The quantitative estimate of drug-likeness (QED) is 0.416. The summed E-state index contributed by atoms with van der Waals surface area (Å²) in [5, 5.41) is -0.108. The standard InChI is InChI=1S/C24H24ClN5O3/c1-14-27-21(33-13-17-12-32-15(2)28-17)20(25)22(31)30(14)18-8-6-7-16(11-18)19-9-10-26-23(29-19)24(3,4)5/h6-12H,13H2,1-5H3. The summed E-state index contributed by atoms with van der Waals surface area (Å²) in [6, 6.07) is 9.34. The molecule has 0 spiro atoms. The predicted molar refractivity (Wildman–Crippen MR) is 125 cm³/mol. The molecule has 0 fully saturated rings. The van der Waals surface area contributed by atoms with E-state index in [0.29, 0.717) is 23.1 Å². The van der Waals surface area contributed by atoms with Crippen molar-refractivity contribution in [3.63, 3.8) is 0 Å². The maximum atomic E-state index is 13.1. The molecule has 0 N–H and O–H groups in total. The van der Waals surface area contributed by atoms with Gasteiger partial charge in [-0.25, -0.2) is 15.0 Å². The topological polar surface area (TPSA) is 95.9 Å². The molecule has 0 amide bonds. The minimum absolute atomic E-state index is 0.0536. The molecule has 0 saturated heterocycles. The lowest BCUT2D eigenvalue weighted by Gasteiger charge is -2.17. The van der Waals surface area contributed by atoms with Gasteiger partial charge in [0.25, 0.3) is 5.56 Å². The van der Waals surface area contributed by atoms with Crippen LogP contribution in [-0.2, 0) is 12.0 Å². The first-order chi connectivity index (χ1) is 15.6. The zero-order chi connectivity index (χ0) is 23.8. The number of aryl methyl sites for hydroxylation is 2. The van der Waals surface area contributed by atoms with Gasteiger partial charge in [0.05, 0.1) is 11.4 Å². The lowest BCUT2D eigenvalue weighted by molar-refractivity contribution is 0.287. The van der Waals surface area contributed by atoms with Crippen molar-refractivity contribution < 1.29 is 9.15 Å². The van der Waals surface area contributed by atoms with Crippen LogP contribution < -0.4 is 10.3 Å². The van der Waals surface area contributed by atoms with Crippen molar-refractivity contribution in [3.8, 4) is 22.8 Å². The highest BCUT2D eigenvalue weighted by molar-refractivity contribution is 6.31. The Morgan fingerprint density at radius 1 is 1.12 bits per heavy atom. The van der Waals surface area contributed by atoms with E-state index in [2.05, 4.69) is 35.7 Å². The van der Waals surface area contributed by atoms with E-state index < -0.39 is 5.56 Å². The van der Waals surface area contributed by atoms with Gasteiger partial charge in [-0.05, 0) is 25.1 Å². The molecule has 1 aromatic carbocycles. The number of ether oxygens (including phenoxy) is 1. The normalized spacial score (nSPS) is 11.6. The summed E-state index contributed by atoms with van der Waals surface area (Å²) in [6.07, 6.45) is 3.23. The van der Waals surface area contributed by atoms with E-state index in [1.165, 1.54) is 10.8 Å². The van der Waals surface area contributed by atoms with Gasteiger partial charge in [0.15, 0.2) is 10.9 Å². The third kappa shape index (κ3) is 4.80. The van der Waals surface area contributed by atoms with E-state index in [1.807, 2.05) is 30.3 Å². The fourth-order valence-corrected chi connectivity index (χ4v) is 3.47. The predicted octanol–water partition coefficient (Wildman–Crippen LogP) is 4.82. The number of halogens is 1. The van der Waals surface area contributed by atoms with Crippen molar-refractivity contribution in [2.24, 2.45) is 0 Å². The summed E-state index contributed by atoms with van der Waals surface area (Å²) >= 11 is 6.33. The van der Waals surface area contributed by atoms with E-state index in [-0.39, 0.29) is 22.9 Å². The SMILES string of the molecule is Cc1nc(COc2nc(C)n(-c3cccc(-c4ccnc(C(C)(C)C)n4)c3)c(=O)c2Cl)co1. The zero-order valence-electron chi connectivity index (χ0n) is 19.1. The molecule has 0 bridgehead atoms. The van der Waals surface area contributed by atoms with Gasteiger partial charge in [0.2, 0.25) is 5.88 Å². The summed E-state index contributed by atoms with van der Waals surface area (Å²) in [5.74, 6) is 1.76. The summed E-state index contributed by atoms with van der Waals surface area (Å²) in [4.78, 5) is 30.8. The molecule has 8 nitrogen and oxygen atoms in total. The van der Waals surface area contributed by atoms with Crippen LogP contribution in [0.5, 0.6) is 5.88 Å². The summed E-state index contributed by atoms with van der Waals surface area (Å²) in [6.45, 7) is 9.73. The lowest BCUT2D eigenvalue weighted by Crippen LogP contribution is -2.23. The first kappa shape index (κ1) is 22.7. The van der Waals surface area contributed by atoms with Crippen LogP contribution in [0.2, 0.25) is 5.02 Å². The van der Waals surface area contributed by atoms with Crippen molar-refractivity contribution in [3.05, 3.63) is 81.4 Å². The minimum atomic E-state index is -0.425. The molecular weight excluding hydrogens is 442 g/mol. The molecule has 0 aliphatic rings. The lowest BCUT2D eigenvalue weighted by atomic mass is 9.95. The van der Waals surface area contributed by atoms with Crippen molar-refractivity contribution >= 4 is 11.6 Å². The van der Waals surface area contributed by atoms with E-state index in [0.717, 1.165) is 17.1 Å². The zero-order valence-corrected chi connectivity index (χ0v) is 19.8. The van der Waals surface area contributed by atoms with Crippen molar-refractivity contribution in [1.82, 2.24) is 24.5 Å². The Balaban J connectivity index is 1.69. The minimum Gasteiger partial charge on any atom is -0.470 e. The Bertz CT molecular complexity index is 1370. The average Bonchev–Trinajstić information content (AvgIpc) is 3.20. The van der Waals surface area contributed by atoms with E-state index in [9.17, 15) is 4.79 Å². The highest BCUT2D eigenvalue weighted by atomic mass is 35.5. The Labute approximate surface area is 196 Å². The Morgan fingerprint density at radius 3 is 2.61 bits per heavy atom. The van der Waals surface area contributed by atoms with E-state index in [4.69, 9.17) is 25.7 Å². The summed E-state index contributed by atoms with van der Waals surface area (Å²) in [5.41, 5.74) is 2.22. The van der Waals surface area contributed by atoms with Gasteiger partial charge in [0, 0.05) is 24.1 Å². The smallest absolute Gasteiger partial charge is 0.280 e. The Hall–Kier alpha value is -3.52. The van der Waals surface area contributed by atoms with Crippen LogP contribution in [0.1, 0.15) is 44.0 Å². The van der Waals surface area contributed by atoms with Crippen LogP contribution in [0.25, 0.3) is 16.9 Å². The second kappa shape index (κ2) is 8.78. The summed E-state index contributed by atoms with van der Waals surface area (Å²) < 4.78 is 12.2. The number of aromatic nitrogens is 5. The number of nitrogens with zero attached hydrogens (tertiary/aromatic N) is 5. The first-order valence-electron chi connectivity index (χ1n) is 10.4. The van der Waals surface area contributed by atoms with Crippen LogP contribution in [0, 0.1) is 13.8 Å². The number of benzene rings is 1. The third-order valence-corrected chi connectivity index (χ3v) is 5.24. The second-order valence-electron chi connectivity index (χ2n) is 8.63. The molecule has 4 rings (SSSR count). The second-order valence-corrected chi connectivity index (χ2v) is 9.01. The molecule has 0 aliphatic carbocycles. The van der Waals surface area contributed by atoms with E-state index in [1.54, 1.807) is 20.0 Å². The molecule has 9 heteroatoms. The van der Waals surface area contributed by atoms with Crippen molar-refractivity contribution in [1.29, 1.82) is 0 Å². The van der Waals surface area contributed by atoms with Crippen LogP contribution in [0.3, 0.4) is 0 Å². The first-order valence-corrected chi connectivity index (χ1v) is 10.8. The van der Waals surface area contributed by atoms with Crippen molar-refractivity contribution in [2.75, 3.05) is 0 Å². The summed E-state index contributed by atoms with van der Waals surface area (Å²) in [7, 11) is 0. The van der Waals surface area contributed by atoms with Crippen LogP contribution in [-0.4, -0.2) is 24.5 Å². The van der Waals surface area contributed by atoms with Crippen molar-refractivity contribution in [2.45, 2.75) is 46.6 Å². The molecule has 0 aliphatic heterocycles. The molecular formula is C24H24ClN5O3. The van der Waals surface area contributed by atoms with Gasteiger partial charge in [0.1, 0.15) is 30.2 Å². The van der Waals surface area contributed by atoms with Crippen LogP contribution in [0.15, 0.2) is 52.0 Å². The highest BCUT2D eigenvalue weighted by Crippen LogP contribution is 2.25. The number of rotatable bonds is 5. The number of hydrogen-bond donors (Lipinski definition) is 0. The van der Waals surface area contributed by atoms with Gasteiger partial charge in [-0.3, -0.25) is 9.36 Å². The molecule has 0 unspecified atom stereocenters. The molecule has 3 heterocycles. The monoisotopic (exact) mass is 465 g/mol. The van der Waals surface area contributed by atoms with Gasteiger partial charge >= 0.3 is 0 Å². The molecule has 4 aromatic rings. The molecule has 0 atom stereocenters. The Kier molecular flexibility index (Phi) is 6.03. The van der Waals surface area contributed by atoms with Gasteiger partial charge in [-0.15, -0.1) is 0 Å². The maximum Gasteiger partial charge on any atom is 0.280 e. The van der Waals surface area contributed by atoms with Crippen LogP contribution in [0.4, 0.5) is 0 Å². The molecule has 170 valence electrons. The largest absolute Gasteiger partial charge is 0.470 e. The van der Waals surface area contributed by atoms with E-state index >= 15 is 0 Å². The van der Waals surface area contributed by atoms with Gasteiger partial charge < -0.3 is 9.15 Å². The molecule has 33 heavy (non-hydrogen) atoms. The Morgan fingerprint density at radius 2 is 1.91 bits per heavy atom.